The third-order valence-electron chi connectivity index (χ3n) is 4.20. The van der Waals surface area contributed by atoms with Gasteiger partial charge in [-0.15, -0.1) is 0 Å². The summed E-state index contributed by atoms with van der Waals surface area (Å²) in [5, 5.41) is 6.65. The van der Waals surface area contributed by atoms with Crippen LogP contribution in [0.5, 0.6) is 11.5 Å². The van der Waals surface area contributed by atoms with Gasteiger partial charge in [0, 0.05) is 25.0 Å². The molecule has 7 heteroatoms. The lowest BCUT2D eigenvalue weighted by Crippen LogP contribution is -2.41. The first-order valence-electron chi connectivity index (χ1n) is 8.30. The number of amides is 1. The largest absolute Gasteiger partial charge is 0.486 e. The molecule has 26 heavy (non-hydrogen) atoms. The van der Waals surface area contributed by atoms with E-state index < -0.39 is 0 Å². The molecule has 0 spiro atoms. The molecular formula is C19H18N4O3. The van der Waals surface area contributed by atoms with E-state index in [1.54, 1.807) is 36.6 Å². The number of para-hydroxylation sites is 2. The van der Waals surface area contributed by atoms with E-state index in [-0.39, 0.29) is 12.0 Å². The molecule has 0 saturated heterocycles. The number of nitrogens with zero attached hydrogens (tertiary/aromatic N) is 3. The Bertz CT molecular complexity index is 893. The van der Waals surface area contributed by atoms with Crippen LogP contribution in [-0.4, -0.2) is 52.3 Å². The van der Waals surface area contributed by atoms with Crippen LogP contribution in [0.2, 0.25) is 0 Å². The van der Waals surface area contributed by atoms with Crippen LogP contribution in [0.25, 0.3) is 11.3 Å². The maximum absolute atomic E-state index is 12.6. The highest BCUT2D eigenvalue weighted by Gasteiger charge is 2.24. The van der Waals surface area contributed by atoms with Crippen LogP contribution in [0.1, 0.15) is 10.4 Å². The van der Waals surface area contributed by atoms with Crippen LogP contribution in [0, 0.1) is 0 Å². The van der Waals surface area contributed by atoms with Gasteiger partial charge >= 0.3 is 0 Å². The second-order valence-electron chi connectivity index (χ2n) is 6.10. The minimum Gasteiger partial charge on any atom is -0.486 e. The van der Waals surface area contributed by atoms with E-state index in [2.05, 4.69) is 15.2 Å². The highest BCUT2D eigenvalue weighted by Crippen LogP contribution is 2.31. The first-order valence-corrected chi connectivity index (χ1v) is 8.30. The fourth-order valence-electron chi connectivity index (χ4n) is 2.84. The highest BCUT2D eigenvalue weighted by atomic mass is 16.6. The number of pyridine rings is 1. The zero-order valence-corrected chi connectivity index (χ0v) is 14.3. The smallest absolute Gasteiger partial charge is 0.255 e. The van der Waals surface area contributed by atoms with Crippen molar-refractivity contribution in [2.45, 2.75) is 6.10 Å². The maximum Gasteiger partial charge on any atom is 0.255 e. The summed E-state index contributed by atoms with van der Waals surface area (Å²) >= 11 is 0. The molecule has 0 unspecified atom stereocenters. The fraction of sp³-hybridized carbons (Fsp3) is 0.211. The molecule has 1 atom stereocenters. The molecule has 7 nitrogen and oxygen atoms in total. The topological polar surface area (TPSA) is 80.3 Å². The van der Waals surface area contributed by atoms with E-state index >= 15 is 0 Å². The molecule has 3 aromatic rings. The molecule has 0 fully saturated rings. The highest BCUT2D eigenvalue weighted by molar-refractivity contribution is 5.94. The second kappa shape index (κ2) is 6.87. The Balaban J connectivity index is 1.40. The quantitative estimate of drug-likeness (QED) is 0.781. The Labute approximate surface area is 150 Å². The van der Waals surface area contributed by atoms with E-state index in [4.69, 9.17) is 9.47 Å². The number of likely N-dealkylation sites (N-methyl/N-ethyl adjacent to an activating group) is 1. The van der Waals surface area contributed by atoms with Gasteiger partial charge in [0.05, 0.1) is 24.0 Å². The summed E-state index contributed by atoms with van der Waals surface area (Å²) in [4.78, 5) is 18.6. The Kier molecular flexibility index (Phi) is 4.27. The van der Waals surface area contributed by atoms with Crippen LogP contribution < -0.4 is 9.47 Å². The normalized spacial score (nSPS) is 15.5. The summed E-state index contributed by atoms with van der Waals surface area (Å²) < 4.78 is 11.6. The van der Waals surface area contributed by atoms with Gasteiger partial charge in [0.25, 0.3) is 5.91 Å². The number of H-pyrrole nitrogens is 1. The van der Waals surface area contributed by atoms with E-state index in [0.29, 0.717) is 24.5 Å². The lowest BCUT2D eigenvalue weighted by atomic mass is 10.2. The number of rotatable bonds is 4. The van der Waals surface area contributed by atoms with E-state index in [0.717, 1.165) is 17.0 Å². The molecule has 1 aliphatic heterocycles. The van der Waals surface area contributed by atoms with Gasteiger partial charge in [-0.25, -0.2) is 0 Å². The molecule has 4 rings (SSSR count). The number of aromatic nitrogens is 3. The first-order chi connectivity index (χ1) is 12.7. The number of carbonyl (C=O) groups is 1. The minimum atomic E-state index is -0.211. The Hall–Kier alpha value is -3.35. The molecule has 0 bridgehead atoms. The van der Waals surface area contributed by atoms with Gasteiger partial charge in [-0.2, -0.15) is 5.10 Å². The molecular weight excluding hydrogens is 332 g/mol. The van der Waals surface area contributed by atoms with Crippen LogP contribution >= 0.6 is 0 Å². The van der Waals surface area contributed by atoms with Gasteiger partial charge < -0.3 is 14.4 Å². The summed E-state index contributed by atoms with van der Waals surface area (Å²) in [5.41, 5.74) is 2.17. The van der Waals surface area contributed by atoms with Crippen LogP contribution in [-0.2, 0) is 0 Å². The van der Waals surface area contributed by atoms with Crippen molar-refractivity contribution < 1.29 is 14.3 Å². The lowest BCUT2D eigenvalue weighted by Gasteiger charge is -2.29. The van der Waals surface area contributed by atoms with Crippen molar-refractivity contribution in [3.05, 3.63) is 60.6 Å². The Morgan fingerprint density at radius 3 is 2.81 bits per heavy atom. The van der Waals surface area contributed by atoms with Crippen molar-refractivity contribution in [2.75, 3.05) is 20.2 Å². The number of aromatic amines is 1. The van der Waals surface area contributed by atoms with Crippen molar-refractivity contribution >= 4 is 5.91 Å². The number of fused-ring (bicyclic) bond motifs is 1. The predicted octanol–water partition coefficient (Wildman–Crippen LogP) is 2.38. The van der Waals surface area contributed by atoms with Crippen LogP contribution in [0.3, 0.4) is 0 Å². The molecule has 0 radical (unpaired) electrons. The van der Waals surface area contributed by atoms with Crippen LogP contribution in [0.4, 0.5) is 0 Å². The fourth-order valence-corrected chi connectivity index (χ4v) is 2.84. The molecule has 2 aromatic heterocycles. The average Bonchev–Trinajstić information content (AvgIpc) is 3.22. The molecule has 1 N–H and O–H groups in total. The molecule has 1 amide bonds. The zero-order chi connectivity index (χ0) is 17.9. The molecule has 1 aliphatic rings. The molecule has 3 heterocycles. The van der Waals surface area contributed by atoms with Gasteiger partial charge in [-0.1, -0.05) is 12.1 Å². The van der Waals surface area contributed by atoms with E-state index in [1.807, 2.05) is 30.3 Å². The molecule has 0 aliphatic carbocycles. The second-order valence-corrected chi connectivity index (χ2v) is 6.10. The third-order valence-corrected chi connectivity index (χ3v) is 4.20. The number of carbonyl (C=O) groups excluding carboxylic acids is 1. The minimum absolute atomic E-state index is 0.112. The van der Waals surface area contributed by atoms with E-state index in [9.17, 15) is 4.79 Å². The van der Waals surface area contributed by atoms with Gasteiger partial charge in [0.1, 0.15) is 6.61 Å². The third kappa shape index (κ3) is 3.23. The molecule has 132 valence electrons. The van der Waals surface area contributed by atoms with Crippen molar-refractivity contribution in [3.63, 3.8) is 0 Å². The summed E-state index contributed by atoms with van der Waals surface area (Å²) in [6.45, 7) is 0.836. The number of benzene rings is 1. The van der Waals surface area contributed by atoms with Crippen LogP contribution in [0.15, 0.2) is 55.0 Å². The number of hydrogen-bond donors (Lipinski definition) is 1. The SMILES string of the molecule is CN(C[C@H]1COc2ccccc2O1)C(=O)c1ccc(-c2cn[nH]c2)nc1. The first kappa shape index (κ1) is 16.1. The predicted molar refractivity (Wildman–Crippen MR) is 95.1 cm³/mol. The van der Waals surface area contributed by atoms with Crippen molar-refractivity contribution in [1.29, 1.82) is 0 Å². The number of ether oxygens (including phenoxy) is 2. The maximum atomic E-state index is 12.6. The summed E-state index contributed by atoms with van der Waals surface area (Å²) in [6.07, 6.45) is 4.81. The van der Waals surface area contributed by atoms with Gasteiger partial charge in [0.15, 0.2) is 17.6 Å². The van der Waals surface area contributed by atoms with Crippen molar-refractivity contribution in [1.82, 2.24) is 20.1 Å². The van der Waals surface area contributed by atoms with E-state index in [1.165, 1.54) is 0 Å². The standard InChI is InChI=1S/C19H18N4O3/c1-23(11-15-12-25-17-4-2-3-5-18(17)26-15)19(24)13-6-7-16(20-8-13)14-9-21-22-10-14/h2-10,15H,11-12H2,1H3,(H,21,22)/t15-/m0/s1. The van der Waals surface area contributed by atoms with Gasteiger partial charge in [-0.3, -0.25) is 14.9 Å². The monoisotopic (exact) mass is 350 g/mol. The zero-order valence-electron chi connectivity index (χ0n) is 14.3. The van der Waals surface area contributed by atoms with Crippen molar-refractivity contribution in [3.8, 4) is 22.8 Å². The average molecular weight is 350 g/mol. The number of hydrogen-bond acceptors (Lipinski definition) is 5. The van der Waals surface area contributed by atoms with Gasteiger partial charge in [0.2, 0.25) is 0 Å². The summed E-state index contributed by atoms with van der Waals surface area (Å²) in [5.74, 6) is 1.33. The van der Waals surface area contributed by atoms with Gasteiger partial charge in [-0.05, 0) is 24.3 Å². The lowest BCUT2D eigenvalue weighted by molar-refractivity contribution is 0.0520. The number of nitrogens with one attached hydrogen (secondary N) is 1. The summed E-state index contributed by atoms with van der Waals surface area (Å²) in [7, 11) is 1.75. The Morgan fingerprint density at radius 1 is 1.23 bits per heavy atom. The molecule has 1 aromatic carbocycles. The van der Waals surface area contributed by atoms with Crippen molar-refractivity contribution in [2.24, 2.45) is 0 Å². The Morgan fingerprint density at radius 2 is 2.08 bits per heavy atom. The molecule has 0 saturated carbocycles. The summed E-state index contributed by atoms with van der Waals surface area (Å²) in [6, 6.07) is 11.1.